The summed E-state index contributed by atoms with van der Waals surface area (Å²) < 4.78 is 43.5. The van der Waals surface area contributed by atoms with Crippen molar-refractivity contribution in [3.63, 3.8) is 0 Å². The molecule has 0 spiro atoms. The fourth-order valence-electron chi connectivity index (χ4n) is 1.43. The Labute approximate surface area is 179 Å². The molecule has 0 unspecified atom stereocenters. The summed E-state index contributed by atoms with van der Waals surface area (Å²) in [6.45, 7) is 0. The van der Waals surface area contributed by atoms with E-state index in [1.165, 1.54) is 48.5 Å². The summed E-state index contributed by atoms with van der Waals surface area (Å²) in [6.07, 6.45) is 2.20. The first kappa shape index (κ1) is 29.2. The molecule has 0 bridgehead atoms. The molecule has 0 amide bonds. The SMILES string of the molecule is CS(=O)(=O)c1cccc(O)c1.CS(=O)(=O)c1cccc(O)c1.[Cl-].[Cl-].[Zr+2]. The molecule has 11 heteroatoms. The molecule has 0 saturated carbocycles. The predicted molar refractivity (Wildman–Crippen MR) is 82.4 cm³/mol. The van der Waals surface area contributed by atoms with E-state index in [9.17, 15) is 16.8 Å². The van der Waals surface area contributed by atoms with Crippen molar-refractivity contribution in [2.45, 2.75) is 9.79 Å². The van der Waals surface area contributed by atoms with E-state index in [0.29, 0.717) is 0 Å². The number of halogens is 2. The quantitative estimate of drug-likeness (QED) is 0.426. The van der Waals surface area contributed by atoms with Gasteiger partial charge in [0, 0.05) is 12.5 Å². The Morgan fingerprint density at radius 2 is 0.960 bits per heavy atom. The average molecular weight is 507 g/mol. The van der Waals surface area contributed by atoms with Gasteiger partial charge in [0.25, 0.3) is 0 Å². The first-order valence-electron chi connectivity index (χ1n) is 5.98. The second kappa shape index (κ2) is 11.9. The summed E-state index contributed by atoms with van der Waals surface area (Å²) in [5.74, 6) is -0.0687. The molecule has 25 heavy (non-hydrogen) atoms. The van der Waals surface area contributed by atoms with Crippen LogP contribution < -0.4 is 24.8 Å². The summed E-state index contributed by atoms with van der Waals surface area (Å²) >= 11 is 0. The molecule has 0 fully saturated rings. The molecule has 2 aromatic rings. The van der Waals surface area contributed by atoms with E-state index < -0.39 is 19.7 Å². The summed E-state index contributed by atoms with van der Waals surface area (Å²) in [4.78, 5) is 0.273. The standard InChI is InChI=1S/2C7H8O3S.2ClH.Zr/c2*1-11(9,10)7-4-2-3-6(8)5-7;;;/h2*2-5,8H,1H3;2*1H;/q;;;;+2/p-2. The largest absolute Gasteiger partial charge is 2.00 e. The molecule has 0 radical (unpaired) electrons. The van der Waals surface area contributed by atoms with Gasteiger partial charge in [0.2, 0.25) is 0 Å². The number of rotatable bonds is 2. The van der Waals surface area contributed by atoms with Crippen LogP contribution in [0, 0.1) is 0 Å². The molecule has 0 aromatic heterocycles. The molecular weight excluding hydrogens is 490 g/mol. The van der Waals surface area contributed by atoms with Gasteiger partial charge in [-0.3, -0.25) is 0 Å². The average Bonchev–Trinajstić information content (AvgIpc) is 2.37. The van der Waals surface area contributed by atoms with E-state index >= 15 is 0 Å². The Kier molecular flexibility index (Phi) is 13.9. The van der Waals surface area contributed by atoms with Crippen molar-refractivity contribution in [3.05, 3.63) is 48.5 Å². The van der Waals surface area contributed by atoms with Crippen molar-refractivity contribution < 1.29 is 78.1 Å². The molecule has 2 aromatic carbocycles. The van der Waals surface area contributed by atoms with Gasteiger partial charge in [-0.15, -0.1) is 0 Å². The van der Waals surface area contributed by atoms with Crippen LogP contribution >= 0.6 is 0 Å². The minimum Gasteiger partial charge on any atom is -1.00 e. The molecule has 0 atom stereocenters. The van der Waals surface area contributed by atoms with Crippen LogP contribution in [0.1, 0.15) is 0 Å². The van der Waals surface area contributed by atoms with Crippen LogP contribution in [0.4, 0.5) is 0 Å². The Balaban J connectivity index is -0.000000346. The van der Waals surface area contributed by atoms with Gasteiger partial charge in [0.05, 0.1) is 9.79 Å². The molecular formula is C14H16Cl2O6S2Zr. The maximum Gasteiger partial charge on any atom is 2.00 e. The molecule has 0 saturated heterocycles. The van der Waals surface area contributed by atoms with Crippen LogP contribution in [0.2, 0.25) is 0 Å². The van der Waals surface area contributed by atoms with Crippen LogP contribution in [-0.4, -0.2) is 39.6 Å². The fraction of sp³-hybridized carbons (Fsp3) is 0.143. The summed E-state index contributed by atoms with van der Waals surface area (Å²) in [6, 6.07) is 11.1. The molecule has 6 nitrogen and oxygen atoms in total. The van der Waals surface area contributed by atoms with Crippen LogP contribution in [0.5, 0.6) is 11.5 Å². The minimum atomic E-state index is -3.19. The molecule has 0 heterocycles. The van der Waals surface area contributed by atoms with Crippen LogP contribution in [0.15, 0.2) is 58.3 Å². The summed E-state index contributed by atoms with van der Waals surface area (Å²) in [7, 11) is -6.37. The van der Waals surface area contributed by atoms with Crippen LogP contribution in [0.25, 0.3) is 0 Å². The molecule has 0 aliphatic rings. The van der Waals surface area contributed by atoms with E-state index in [2.05, 4.69) is 0 Å². The Bertz CT molecular complexity index is 797. The maximum absolute atomic E-state index is 10.9. The number of aromatic hydroxyl groups is 2. The number of phenolic OH excluding ortho intramolecular Hbond substituents is 2. The Hall–Kier alpha value is -0.597. The van der Waals surface area contributed by atoms with Crippen molar-refractivity contribution in [2.24, 2.45) is 0 Å². The molecule has 0 aliphatic heterocycles. The zero-order valence-electron chi connectivity index (χ0n) is 13.2. The number of sulfone groups is 2. The summed E-state index contributed by atoms with van der Waals surface area (Å²) in [5.41, 5.74) is 0. The third-order valence-electron chi connectivity index (χ3n) is 2.49. The zero-order chi connectivity index (χ0) is 17.0. The van der Waals surface area contributed by atoms with Gasteiger partial charge in [0.15, 0.2) is 19.7 Å². The molecule has 2 rings (SSSR count). The van der Waals surface area contributed by atoms with Crippen LogP contribution in [0.3, 0.4) is 0 Å². The number of hydrogen-bond acceptors (Lipinski definition) is 6. The van der Waals surface area contributed by atoms with Gasteiger partial charge in [-0.1, -0.05) is 12.1 Å². The third kappa shape index (κ3) is 10.9. The minimum absolute atomic E-state index is 0. The van der Waals surface area contributed by atoms with Crippen molar-refractivity contribution in [1.29, 1.82) is 0 Å². The van der Waals surface area contributed by atoms with Crippen molar-refractivity contribution >= 4 is 19.7 Å². The van der Waals surface area contributed by atoms with E-state index in [0.717, 1.165) is 12.5 Å². The van der Waals surface area contributed by atoms with E-state index in [1.807, 2.05) is 0 Å². The number of phenols is 2. The zero-order valence-corrected chi connectivity index (χ0v) is 18.8. The number of benzene rings is 2. The van der Waals surface area contributed by atoms with E-state index in [-0.39, 0.29) is 72.3 Å². The molecule has 138 valence electrons. The third-order valence-corrected chi connectivity index (χ3v) is 4.71. The van der Waals surface area contributed by atoms with Gasteiger partial charge < -0.3 is 35.0 Å². The first-order valence-corrected chi connectivity index (χ1v) is 9.76. The first-order chi connectivity index (χ1) is 10.00. The van der Waals surface area contributed by atoms with Gasteiger partial charge in [0.1, 0.15) is 11.5 Å². The summed E-state index contributed by atoms with van der Waals surface area (Å²) in [5, 5.41) is 17.8. The van der Waals surface area contributed by atoms with Crippen molar-refractivity contribution in [3.8, 4) is 11.5 Å². The second-order valence-electron chi connectivity index (χ2n) is 4.54. The van der Waals surface area contributed by atoms with Gasteiger partial charge in [-0.05, 0) is 36.4 Å². The van der Waals surface area contributed by atoms with E-state index in [4.69, 9.17) is 10.2 Å². The monoisotopic (exact) mass is 504 g/mol. The van der Waals surface area contributed by atoms with Crippen LogP contribution in [-0.2, 0) is 45.9 Å². The molecule has 0 aliphatic carbocycles. The normalized spacial score (nSPS) is 10.0. The smallest absolute Gasteiger partial charge is 1.00 e. The topological polar surface area (TPSA) is 109 Å². The molecule has 2 N–H and O–H groups in total. The van der Waals surface area contributed by atoms with E-state index in [1.54, 1.807) is 0 Å². The fourth-order valence-corrected chi connectivity index (χ4v) is 2.75. The predicted octanol–water partition coefficient (Wildman–Crippen LogP) is -4.40. The number of hydrogen-bond donors (Lipinski definition) is 2. The maximum atomic E-state index is 10.9. The van der Waals surface area contributed by atoms with Crippen molar-refractivity contribution in [2.75, 3.05) is 12.5 Å². The van der Waals surface area contributed by atoms with Gasteiger partial charge in [-0.2, -0.15) is 0 Å². The van der Waals surface area contributed by atoms with Gasteiger partial charge >= 0.3 is 26.2 Å². The van der Waals surface area contributed by atoms with Gasteiger partial charge in [-0.25, -0.2) is 16.8 Å². The second-order valence-corrected chi connectivity index (χ2v) is 8.57. The van der Waals surface area contributed by atoms with Crippen molar-refractivity contribution in [1.82, 2.24) is 0 Å². The Morgan fingerprint density at radius 1 is 0.680 bits per heavy atom. The Morgan fingerprint density at radius 3 is 1.12 bits per heavy atom.